The van der Waals surface area contributed by atoms with Crippen molar-refractivity contribution in [3.8, 4) is 5.75 Å². The van der Waals surface area contributed by atoms with Gasteiger partial charge in [0.2, 0.25) is 12.2 Å². The second kappa shape index (κ2) is 17.7. The van der Waals surface area contributed by atoms with Gasteiger partial charge < -0.3 is 23.4 Å². The van der Waals surface area contributed by atoms with Crippen LogP contribution in [-0.2, 0) is 25.2 Å². The quantitative estimate of drug-likeness (QED) is 0.0255. The number of alkyl halides is 3. The van der Waals surface area contributed by atoms with E-state index in [9.17, 15) is 5.53 Å². The summed E-state index contributed by atoms with van der Waals surface area (Å²) in [6.07, 6.45) is -4.26. The van der Waals surface area contributed by atoms with Gasteiger partial charge in [-0.3, -0.25) is 5.41 Å². The Balaban J connectivity index is 1.47. The zero-order valence-corrected chi connectivity index (χ0v) is 35.2. The number of nitrogens with one attached hydrogen (secondary N) is 1. The maximum absolute atomic E-state index is 9.87. The van der Waals surface area contributed by atoms with E-state index in [2.05, 4.69) is 71.0 Å². The zero-order chi connectivity index (χ0) is 39.2. The summed E-state index contributed by atoms with van der Waals surface area (Å²) in [5, 5.41) is 16.3. The summed E-state index contributed by atoms with van der Waals surface area (Å²) in [6.45, 7) is 6.65. The van der Waals surface area contributed by atoms with Gasteiger partial charge in [-0.2, -0.15) is 0 Å². The molecule has 0 aromatic heterocycles. The Kier molecular flexibility index (Phi) is 13.2. The minimum absolute atomic E-state index is 0.00633. The molecule has 0 saturated carbocycles. The molecule has 1 aliphatic heterocycles. The van der Waals surface area contributed by atoms with Crippen molar-refractivity contribution >= 4 is 86.1 Å². The second-order valence-corrected chi connectivity index (χ2v) is 21.7. The molecule has 1 N–H and O–H groups in total. The fraction of sp³-hybridized carbons (Fsp3) is 0.293. The number of rotatable bonds is 12. The predicted octanol–water partition coefficient (Wildman–Crippen LogP) is 10.3. The molecule has 5 aromatic carbocycles. The van der Waals surface area contributed by atoms with Crippen LogP contribution in [0.2, 0.25) is 5.04 Å². The number of ether oxygens (including phenoxy) is 4. The molecule has 0 radical (unpaired) electrons. The highest BCUT2D eigenvalue weighted by molar-refractivity contribution is 9.10. The van der Waals surface area contributed by atoms with Crippen LogP contribution in [-0.4, -0.2) is 55.3 Å². The van der Waals surface area contributed by atoms with Crippen molar-refractivity contribution in [1.29, 1.82) is 5.41 Å². The van der Waals surface area contributed by atoms with Gasteiger partial charge in [0.25, 0.3) is 12.1 Å². The molecule has 14 heteroatoms. The molecule has 0 bridgehead atoms. The number of azide groups is 1. The lowest BCUT2D eigenvalue weighted by molar-refractivity contribution is -0.247. The third-order valence-electron chi connectivity index (χ3n) is 9.52. The predicted molar refractivity (Wildman–Crippen MR) is 225 cm³/mol. The third kappa shape index (κ3) is 9.51. The van der Waals surface area contributed by atoms with E-state index in [0.29, 0.717) is 5.75 Å². The molecular formula is C41H40BrCl3N4O5Si. The molecule has 9 nitrogen and oxygen atoms in total. The van der Waals surface area contributed by atoms with Gasteiger partial charge in [0.05, 0.1) is 13.2 Å². The molecule has 1 aliphatic rings. The lowest BCUT2D eigenvalue weighted by Crippen LogP contribution is -2.68. The van der Waals surface area contributed by atoms with Gasteiger partial charge in [-0.25, -0.2) is 0 Å². The summed E-state index contributed by atoms with van der Waals surface area (Å²) in [5.74, 6) is -0.180. The molecule has 0 amide bonds. The Hall–Kier alpha value is -3.61. The number of halogens is 4. The van der Waals surface area contributed by atoms with Gasteiger partial charge in [-0.15, -0.1) is 0 Å². The number of fused-ring (bicyclic) bond motifs is 1. The zero-order valence-electron chi connectivity index (χ0n) is 30.3. The first-order valence-corrected chi connectivity index (χ1v) is 21.4. The molecular weight excluding hydrogens is 843 g/mol. The molecule has 55 heavy (non-hydrogen) atoms. The molecule has 0 aliphatic carbocycles. The number of benzene rings is 5. The highest BCUT2D eigenvalue weighted by atomic mass is 79.9. The van der Waals surface area contributed by atoms with Crippen molar-refractivity contribution in [2.45, 2.75) is 66.9 Å². The molecule has 1 heterocycles. The van der Waals surface area contributed by atoms with E-state index < -0.39 is 48.7 Å². The van der Waals surface area contributed by atoms with Crippen LogP contribution in [0.5, 0.6) is 5.75 Å². The topological polar surface area (TPSA) is 119 Å². The van der Waals surface area contributed by atoms with E-state index in [0.717, 1.165) is 31.2 Å². The summed E-state index contributed by atoms with van der Waals surface area (Å²) in [5.41, 5.74) is 10.7. The SMILES string of the molecule is CC(C)(C)[Si](OC[C@H]1OC(OC(=N)C(Cl)(Cl)Cl)[C@H](N=[N+]=[N-])[C@@H](OCc2ccc(Br)cc2)[C@@H]1Oc1ccc2ccccc2c1)(c1ccccc1)c1ccccc1. The smallest absolute Gasteiger partial charge is 0.265 e. The maximum Gasteiger partial charge on any atom is 0.265 e. The first kappa shape index (κ1) is 41.0. The lowest BCUT2D eigenvalue weighted by atomic mass is 9.96. The Morgan fingerprint density at radius 2 is 1.44 bits per heavy atom. The Morgan fingerprint density at radius 3 is 2.02 bits per heavy atom. The first-order chi connectivity index (χ1) is 26.3. The molecule has 6 rings (SSSR count). The van der Waals surface area contributed by atoms with E-state index >= 15 is 0 Å². The highest BCUT2D eigenvalue weighted by Gasteiger charge is 2.54. The van der Waals surface area contributed by atoms with E-state index in [1.165, 1.54) is 0 Å². The van der Waals surface area contributed by atoms with Gasteiger partial charge in [0, 0.05) is 9.38 Å². The van der Waals surface area contributed by atoms with Gasteiger partial charge in [-0.05, 0) is 61.5 Å². The van der Waals surface area contributed by atoms with Crippen LogP contribution >= 0.6 is 50.7 Å². The van der Waals surface area contributed by atoms with Gasteiger partial charge in [-0.1, -0.05) is 180 Å². The van der Waals surface area contributed by atoms with Crippen molar-refractivity contribution in [3.63, 3.8) is 0 Å². The van der Waals surface area contributed by atoms with Crippen molar-refractivity contribution in [1.82, 2.24) is 0 Å². The largest absolute Gasteiger partial charge is 0.485 e. The average molecular weight is 883 g/mol. The van der Waals surface area contributed by atoms with Crippen LogP contribution < -0.4 is 15.1 Å². The van der Waals surface area contributed by atoms with E-state index in [1.54, 1.807) is 0 Å². The highest BCUT2D eigenvalue weighted by Crippen LogP contribution is 2.39. The Morgan fingerprint density at radius 1 is 0.836 bits per heavy atom. The summed E-state index contributed by atoms with van der Waals surface area (Å²) in [7, 11) is -3.12. The summed E-state index contributed by atoms with van der Waals surface area (Å²) >= 11 is 21.8. The fourth-order valence-electron chi connectivity index (χ4n) is 6.96. The van der Waals surface area contributed by atoms with Crippen LogP contribution in [0.25, 0.3) is 21.2 Å². The van der Waals surface area contributed by atoms with Gasteiger partial charge >= 0.3 is 0 Å². The standard InChI is InChI=1S/C41H40BrCl3N4O5Si/c1-40(2,3)55(32-14-6-4-7-15-32,33-16-8-5-9-17-33)51-26-34-36(52-31-23-20-28-12-10-11-13-29(28)24-31)37(50-25-27-18-21-30(42)22-19-27)35(48-49-47)38(53-34)54-39(46)41(43,44)45/h4-24,34-38,46H,25-26H2,1-3H3/t34-,35-,36-,37-,38?/m1/s1. The molecule has 286 valence electrons. The van der Waals surface area contributed by atoms with Crippen LogP contribution in [0.15, 0.2) is 137 Å². The first-order valence-electron chi connectivity index (χ1n) is 17.6. The average Bonchev–Trinajstić information content (AvgIpc) is 3.16. The normalized spacial score (nSPS) is 20.4. The van der Waals surface area contributed by atoms with Crippen molar-refractivity contribution in [2.75, 3.05) is 6.61 Å². The molecule has 1 fully saturated rings. The number of hydrogen-bond donors (Lipinski definition) is 1. The monoisotopic (exact) mass is 880 g/mol. The van der Waals surface area contributed by atoms with Crippen LogP contribution in [0, 0.1) is 5.41 Å². The molecule has 0 spiro atoms. The van der Waals surface area contributed by atoms with E-state index in [4.69, 9.17) is 63.6 Å². The van der Waals surface area contributed by atoms with E-state index in [1.807, 2.05) is 103 Å². The number of nitrogens with zero attached hydrogens (tertiary/aromatic N) is 3. The van der Waals surface area contributed by atoms with Crippen LogP contribution in [0.1, 0.15) is 26.3 Å². The Labute approximate surface area is 345 Å². The lowest BCUT2D eigenvalue weighted by Gasteiger charge is -2.47. The Bertz CT molecular complexity index is 2080. The fourth-order valence-corrected chi connectivity index (χ4v) is 11.9. The summed E-state index contributed by atoms with van der Waals surface area (Å²) < 4.78 is 32.1. The van der Waals surface area contributed by atoms with Crippen molar-refractivity contribution < 1.29 is 23.4 Å². The summed E-state index contributed by atoms with van der Waals surface area (Å²) in [6, 6.07) is 40.6. The van der Waals surface area contributed by atoms with Gasteiger partial charge in [0.15, 0.2) is 6.10 Å². The van der Waals surface area contributed by atoms with E-state index in [-0.39, 0.29) is 18.3 Å². The minimum Gasteiger partial charge on any atom is -0.485 e. The van der Waals surface area contributed by atoms with Crippen LogP contribution in [0.3, 0.4) is 0 Å². The maximum atomic E-state index is 9.87. The van der Waals surface area contributed by atoms with Gasteiger partial charge in [0.1, 0.15) is 24.0 Å². The molecule has 1 saturated heterocycles. The molecule has 5 aromatic rings. The minimum atomic E-state index is -3.12. The molecule has 5 atom stereocenters. The summed E-state index contributed by atoms with van der Waals surface area (Å²) in [4.78, 5) is 3.13. The van der Waals surface area contributed by atoms with Crippen molar-refractivity contribution in [3.05, 3.63) is 148 Å². The second-order valence-electron chi connectivity index (χ2n) is 14.2. The third-order valence-corrected chi connectivity index (χ3v) is 15.6. The number of hydrogen-bond acceptors (Lipinski definition) is 7. The van der Waals surface area contributed by atoms with Crippen molar-refractivity contribution in [2.24, 2.45) is 5.11 Å². The molecule has 1 unspecified atom stereocenters. The van der Waals surface area contributed by atoms with Crippen LogP contribution in [0.4, 0.5) is 0 Å².